The zero-order chi connectivity index (χ0) is 17.7. The molecule has 1 aliphatic carbocycles. The highest BCUT2D eigenvalue weighted by atomic mass is 35.5. The summed E-state index contributed by atoms with van der Waals surface area (Å²) < 4.78 is 1.73. The maximum absolute atomic E-state index is 12.7. The zero-order valence-corrected chi connectivity index (χ0v) is 15.2. The molecule has 0 spiro atoms. The molecule has 0 saturated heterocycles. The number of hydrogen-bond donors (Lipinski definition) is 0. The molecule has 5 nitrogen and oxygen atoms in total. The van der Waals surface area contributed by atoms with E-state index >= 15 is 0 Å². The third-order valence-electron chi connectivity index (χ3n) is 4.72. The smallest absolute Gasteiger partial charge is 0.253 e. The van der Waals surface area contributed by atoms with Gasteiger partial charge in [0.2, 0.25) is 0 Å². The molecule has 3 heterocycles. The van der Waals surface area contributed by atoms with E-state index in [-0.39, 0.29) is 11.7 Å². The molecule has 0 radical (unpaired) electrons. The summed E-state index contributed by atoms with van der Waals surface area (Å²) in [7, 11) is 0. The van der Waals surface area contributed by atoms with Crippen LogP contribution in [-0.2, 0) is 6.42 Å². The number of halogens is 1. The van der Waals surface area contributed by atoms with E-state index in [0.29, 0.717) is 28.6 Å². The van der Waals surface area contributed by atoms with Gasteiger partial charge in [-0.1, -0.05) is 29.8 Å². The molecular formula is C19H13ClN4OS. The van der Waals surface area contributed by atoms with Crippen molar-refractivity contribution in [2.75, 3.05) is 0 Å². The molecule has 3 aromatic heterocycles. The number of rotatable bonds is 2. The summed E-state index contributed by atoms with van der Waals surface area (Å²) in [5.41, 5.74) is 2.63. The van der Waals surface area contributed by atoms with E-state index in [0.717, 1.165) is 22.6 Å². The quantitative estimate of drug-likeness (QED) is 0.516. The van der Waals surface area contributed by atoms with Crippen molar-refractivity contribution in [2.45, 2.75) is 18.8 Å². The molecule has 0 aliphatic heterocycles. The van der Waals surface area contributed by atoms with Gasteiger partial charge in [-0.25, -0.2) is 4.98 Å². The van der Waals surface area contributed by atoms with Gasteiger partial charge in [0.25, 0.3) is 5.78 Å². The molecule has 0 bridgehead atoms. The number of thiophene rings is 1. The molecule has 1 aliphatic rings. The van der Waals surface area contributed by atoms with Crippen molar-refractivity contribution in [1.29, 1.82) is 0 Å². The molecule has 0 fully saturated rings. The summed E-state index contributed by atoms with van der Waals surface area (Å²) >= 11 is 7.58. The normalized spacial score (nSPS) is 16.8. The second-order valence-electron chi connectivity index (χ2n) is 6.32. The van der Waals surface area contributed by atoms with Gasteiger partial charge < -0.3 is 0 Å². The van der Waals surface area contributed by atoms with Gasteiger partial charge in [0, 0.05) is 17.6 Å². The lowest BCUT2D eigenvalue weighted by molar-refractivity contribution is 0.0962. The summed E-state index contributed by atoms with van der Waals surface area (Å²) in [4.78, 5) is 22.5. The molecule has 5 rings (SSSR count). The number of hydrogen-bond acceptors (Lipinski definition) is 5. The fourth-order valence-corrected chi connectivity index (χ4v) is 4.21. The van der Waals surface area contributed by atoms with E-state index < -0.39 is 0 Å². The summed E-state index contributed by atoms with van der Waals surface area (Å²) in [6.45, 7) is 0. The van der Waals surface area contributed by atoms with Crippen LogP contribution < -0.4 is 0 Å². The Balaban J connectivity index is 1.62. The second kappa shape index (κ2) is 6.00. The Morgan fingerprint density at radius 3 is 2.77 bits per heavy atom. The Morgan fingerprint density at radius 1 is 1.15 bits per heavy atom. The first-order valence-corrected chi connectivity index (χ1v) is 9.52. The van der Waals surface area contributed by atoms with Crippen molar-refractivity contribution in [3.63, 3.8) is 0 Å². The number of ketones is 1. The number of nitrogens with zero attached hydrogens (tertiary/aromatic N) is 4. The van der Waals surface area contributed by atoms with E-state index in [1.54, 1.807) is 22.0 Å². The summed E-state index contributed by atoms with van der Waals surface area (Å²) in [5.74, 6) is 1.36. The van der Waals surface area contributed by atoms with Crippen molar-refractivity contribution in [3.8, 4) is 10.7 Å². The average molecular weight is 381 g/mol. The fraction of sp³-hybridized carbons (Fsp3) is 0.158. The molecule has 4 aromatic rings. The van der Waals surface area contributed by atoms with Crippen molar-refractivity contribution in [1.82, 2.24) is 19.6 Å². The van der Waals surface area contributed by atoms with Crippen LogP contribution in [-0.4, -0.2) is 25.4 Å². The zero-order valence-electron chi connectivity index (χ0n) is 13.6. The lowest BCUT2D eigenvalue weighted by Crippen LogP contribution is -2.22. The Kier molecular flexibility index (Phi) is 3.62. The van der Waals surface area contributed by atoms with Gasteiger partial charge in [-0.15, -0.1) is 16.4 Å². The van der Waals surface area contributed by atoms with E-state index in [2.05, 4.69) is 15.1 Å². The lowest BCUT2D eigenvalue weighted by Gasteiger charge is -2.23. The van der Waals surface area contributed by atoms with Gasteiger partial charge in [0.15, 0.2) is 11.6 Å². The first kappa shape index (κ1) is 15.7. The molecule has 0 amide bonds. The minimum absolute atomic E-state index is 0.0915. The third-order valence-corrected chi connectivity index (χ3v) is 5.84. The number of benzene rings is 1. The van der Waals surface area contributed by atoms with Crippen LogP contribution in [0.4, 0.5) is 0 Å². The number of fused-ring (bicyclic) bond motifs is 3. The highest BCUT2D eigenvalue weighted by Gasteiger charge is 2.29. The fourth-order valence-electron chi connectivity index (χ4n) is 3.43. The topological polar surface area (TPSA) is 60.2 Å². The van der Waals surface area contributed by atoms with E-state index in [9.17, 15) is 4.79 Å². The minimum Gasteiger partial charge on any atom is -0.294 e. The monoisotopic (exact) mass is 380 g/mol. The molecule has 26 heavy (non-hydrogen) atoms. The Labute approximate surface area is 158 Å². The maximum Gasteiger partial charge on any atom is 0.253 e. The first-order chi connectivity index (χ1) is 12.7. The SMILES string of the molecule is O=C1CC(c2ccc(Cl)cc2)Cc2c1cnc1nc(-c3cccs3)nn21. The van der Waals surface area contributed by atoms with Crippen LogP contribution >= 0.6 is 22.9 Å². The summed E-state index contributed by atoms with van der Waals surface area (Å²) in [5, 5.41) is 7.31. The average Bonchev–Trinajstić information content (AvgIpc) is 3.31. The van der Waals surface area contributed by atoms with Gasteiger partial charge in [-0.3, -0.25) is 4.79 Å². The molecule has 7 heteroatoms. The molecule has 1 aromatic carbocycles. The van der Waals surface area contributed by atoms with Crippen LogP contribution in [0.1, 0.15) is 34.0 Å². The van der Waals surface area contributed by atoms with Crippen LogP contribution in [0, 0.1) is 0 Å². The summed E-state index contributed by atoms with van der Waals surface area (Å²) in [6.07, 6.45) is 2.82. The molecule has 0 N–H and O–H groups in total. The minimum atomic E-state index is 0.0915. The van der Waals surface area contributed by atoms with Gasteiger partial charge in [-0.2, -0.15) is 9.50 Å². The van der Waals surface area contributed by atoms with Crippen LogP contribution in [0.3, 0.4) is 0 Å². The largest absolute Gasteiger partial charge is 0.294 e. The predicted molar refractivity (Wildman–Crippen MR) is 101 cm³/mol. The standard InChI is InChI=1S/C19H13ClN4OS/c20-13-5-3-11(4-6-13)12-8-15-14(16(25)9-12)10-21-19-22-18(23-24(15)19)17-2-1-7-26-17/h1-7,10,12H,8-9H2. The van der Waals surface area contributed by atoms with Gasteiger partial charge in [0.1, 0.15) is 0 Å². The molecular weight excluding hydrogens is 368 g/mol. The third kappa shape index (κ3) is 2.53. The second-order valence-corrected chi connectivity index (χ2v) is 7.71. The Hall–Kier alpha value is -2.57. The summed E-state index contributed by atoms with van der Waals surface area (Å²) in [6, 6.07) is 11.7. The maximum atomic E-state index is 12.7. The number of carbonyl (C=O) groups excluding carboxylic acids is 1. The van der Waals surface area contributed by atoms with Crippen molar-refractivity contribution < 1.29 is 4.79 Å². The van der Waals surface area contributed by atoms with E-state index in [1.807, 2.05) is 41.8 Å². The number of carbonyl (C=O) groups is 1. The highest BCUT2D eigenvalue weighted by Crippen LogP contribution is 2.33. The first-order valence-electron chi connectivity index (χ1n) is 8.26. The van der Waals surface area contributed by atoms with Crippen LogP contribution in [0.2, 0.25) is 5.02 Å². The van der Waals surface area contributed by atoms with Gasteiger partial charge in [0.05, 0.1) is 16.1 Å². The van der Waals surface area contributed by atoms with E-state index in [1.165, 1.54) is 0 Å². The Bertz CT molecular complexity index is 1120. The van der Waals surface area contributed by atoms with E-state index in [4.69, 9.17) is 11.6 Å². The van der Waals surface area contributed by atoms with Gasteiger partial charge >= 0.3 is 0 Å². The molecule has 1 unspecified atom stereocenters. The molecule has 0 saturated carbocycles. The molecule has 1 atom stereocenters. The number of Topliss-reactive ketones (excluding diaryl/α,β-unsaturated/α-hetero) is 1. The van der Waals surface area contributed by atoms with Crippen molar-refractivity contribution in [2.24, 2.45) is 0 Å². The van der Waals surface area contributed by atoms with Crippen LogP contribution in [0.25, 0.3) is 16.5 Å². The highest BCUT2D eigenvalue weighted by molar-refractivity contribution is 7.13. The molecule has 128 valence electrons. The van der Waals surface area contributed by atoms with Crippen LogP contribution in [0.5, 0.6) is 0 Å². The van der Waals surface area contributed by atoms with Gasteiger partial charge in [-0.05, 0) is 41.5 Å². The Morgan fingerprint density at radius 2 is 2.00 bits per heavy atom. The predicted octanol–water partition coefficient (Wildman–Crippen LogP) is 4.42. The lowest BCUT2D eigenvalue weighted by atomic mass is 9.82. The van der Waals surface area contributed by atoms with Crippen molar-refractivity contribution in [3.05, 3.63) is 69.8 Å². The number of aromatic nitrogens is 4. The van der Waals surface area contributed by atoms with Crippen molar-refractivity contribution >= 4 is 34.5 Å². The van der Waals surface area contributed by atoms with Crippen LogP contribution in [0.15, 0.2) is 48.0 Å².